The Morgan fingerprint density at radius 2 is 2.35 bits per heavy atom. The first-order valence-corrected chi connectivity index (χ1v) is 7.92. The highest BCUT2D eigenvalue weighted by Gasteiger charge is 2.25. The monoisotopic (exact) mass is 297 g/mol. The van der Waals surface area contributed by atoms with Crippen LogP contribution in [0.3, 0.4) is 0 Å². The number of carbonyl (C=O) groups is 1. The van der Waals surface area contributed by atoms with Crippen molar-refractivity contribution < 1.29 is 9.90 Å². The van der Waals surface area contributed by atoms with Crippen LogP contribution in [0.4, 0.5) is 0 Å². The number of rotatable bonds is 7. The lowest BCUT2D eigenvalue weighted by Gasteiger charge is -2.37. The smallest absolute Gasteiger partial charge is 0.275 e. The maximum absolute atomic E-state index is 11.6. The van der Waals surface area contributed by atoms with Gasteiger partial charge in [0.05, 0.1) is 4.88 Å². The van der Waals surface area contributed by atoms with E-state index in [2.05, 4.69) is 10.3 Å². The Morgan fingerprint density at radius 3 is 2.90 bits per heavy atom. The molecule has 0 aromatic carbocycles. The van der Waals surface area contributed by atoms with Gasteiger partial charge in [-0.05, 0) is 37.8 Å². The lowest BCUT2D eigenvalue weighted by Crippen LogP contribution is -2.40. The Labute approximate surface area is 123 Å². The third-order valence-electron chi connectivity index (χ3n) is 3.94. The molecular formula is C14H23N3O2S. The summed E-state index contributed by atoms with van der Waals surface area (Å²) in [5.41, 5.74) is 3.37. The van der Waals surface area contributed by atoms with E-state index in [0.717, 1.165) is 24.4 Å². The lowest BCUT2D eigenvalue weighted by molar-refractivity contribution is 0.0957. The molecule has 1 aromatic heterocycles. The fraction of sp³-hybridized carbons (Fsp3) is 0.643. The molecule has 0 bridgehead atoms. The molecule has 1 aliphatic carbocycles. The van der Waals surface area contributed by atoms with Gasteiger partial charge in [0.2, 0.25) is 0 Å². The van der Waals surface area contributed by atoms with Crippen LogP contribution in [0.25, 0.3) is 0 Å². The fourth-order valence-electron chi connectivity index (χ4n) is 2.50. The molecule has 1 aromatic rings. The summed E-state index contributed by atoms with van der Waals surface area (Å²) in [7, 11) is 0. The number of nitrogens with two attached hydrogens (primary N) is 1. The molecule has 1 saturated carbocycles. The van der Waals surface area contributed by atoms with E-state index in [9.17, 15) is 4.79 Å². The Balaban J connectivity index is 2.05. The number of nitrogens with one attached hydrogen (secondary N) is 1. The summed E-state index contributed by atoms with van der Waals surface area (Å²) >= 11 is 1.48. The zero-order valence-electron chi connectivity index (χ0n) is 11.9. The number of hydrogen-bond donors (Lipinski definition) is 3. The standard InChI is InChI=1S/C14H23N3O2S/c1-10-11(8-13(20-10)14(19)16-15)9-17(6-3-7-18)12-4-2-5-12/h8,12,18H,2-7,9,15H2,1H3,(H,16,19). The minimum Gasteiger partial charge on any atom is -0.396 e. The van der Waals surface area contributed by atoms with Crippen LogP contribution in [-0.2, 0) is 6.54 Å². The van der Waals surface area contributed by atoms with Gasteiger partial charge >= 0.3 is 0 Å². The van der Waals surface area contributed by atoms with E-state index in [0.29, 0.717) is 10.9 Å². The second-order valence-corrected chi connectivity index (χ2v) is 6.55. The van der Waals surface area contributed by atoms with Crippen molar-refractivity contribution in [2.24, 2.45) is 5.84 Å². The number of aliphatic hydroxyl groups is 1. The third kappa shape index (κ3) is 3.58. The van der Waals surface area contributed by atoms with Crippen LogP contribution in [-0.4, -0.2) is 35.1 Å². The maximum Gasteiger partial charge on any atom is 0.275 e. The van der Waals surface area contributed by atoms with Gasteiger partial charge in [-0.1, -0.05) is 6.42 Å². The van der Waals surface area contributed by atoms with E-state index in [1.165, 1.54) is 36.2 Å². The molecule has 20 heavy (non-hydrogen) atoms. The number of amides is 1. The number of hydrazine groups is 1. The van der Waals surface area contributed by atoms with Crippen molar-refractivity contribution in [3.05, 3.63) is 21.4 Å². The van der Waals surface area contributed by atoms with Gasteiger partial charge in [0.15, 0.2) is 0 Å². The zero-order valence-corrected chi connectivity index (χ0v) is 12.7. The summed E-state index contributed by atoms with van der Waals surface area (Å²) in [6, 6.07) is 2.57. The van der Waals surface area contributed by atoms with Crippen LogP contribution in [0, 0.1) is 6.92 Å². The van der Waals surface area contributed by atoms with Gasteiger partial charge in [0, 0.05) is 30.6 Å². The van der Waals surface area contributed by atoms with Crippen LogP contribution in [0.1, 0.15) is 45.8 Å². The number of nitrogens with zero attached hydrogens (tertiary/aromatic N) is 1. The largest absolute Gasteiger partial charge is 0.396 e. The fourth-order valence-corrected chi connectivity index (χ4v) is 3.43. The molecule has 0 unspecified atom stereocenters. The van der Waals surface area contributed by atoms with Crippen molar-refractivity contribution in [1.82, 2.24) is 10.3 Å². The summed E-state index contributed by atoms with van der Waals surface area (Å²) in [4.78, 5) is 15.8. The van der Waals surface area contributed by atoms with E-state index >= 15 is 0 Å². The van der Waals surface area contributed by atoms with Gasteiger partial charge in [-0.3, -0.25) is 15.1 Å². The summed E-state index contributed by atoms with van der Waals surface area (Å²) in [6.07, 6.45) is 4.58. The molecule has 112 valence electrons. The minimum absolute atomic E-state index is 0.227. The Morgan fingerprint density at radius 1 is 1.60 bits per heavy atom. The Hall–Kier alpha value is -0.950. The van der Waals surface area contributed by atoms with Gasteiger partial charge < -0.3 is 5.11 Å². The molecular weight excluding hydrogens is 274 g/mol. The first kappa shape index (κ1) is 15.4. The first-order chi connectivity index (χ1) is 9.65. The molecule has 0 atom stereocenters. The molecule has 1 amide bonds. The molecule has 1 aliphatic rings. The Kier molecular flexibility index (Phi) is 5.54. The summed E-state index contributed by atoms with van der Waals surface area (Å²) in [5.74, 6) is 4.95. The van der Waals surface area contributed by atoms with Crippen LogP contribution in [0.2, 0.25) is 0 Å². The normalized spacial score (nSPS) is 15.4. The number of hydrogen-bond acceptors (Lipinski definition) is 5. The average Bonchev–Trinajstić information content (AvgIpc) is 2.74. The molecule has 0 saturated heterocycles. The second kappa shape index (κ2) is 7.17. The quantitative estimate of drug-likeness (QED) is 0.404. The van der Waals surface area contributed by atoms with Gasteiger partial charge in [-0.25, -0.2) is 5.84 Å². The molecule has 0 spiro atoms. The highest BCUT2D eigenvalue weighted by Crippen LogP contribution is 2.29. The van der Waals surface area contributed by atoms with Crippen LogP contribution >= 0.6 is 11.3 Å². The molecule has 0 aliphatic heterocycles. The number of thiophene rings is 1. The average molecular weight is 297 g/mol. The summed E-state index contributed by atoms with van der Waals surface area (Å²) in [6.45, 7) is 4.03. The lowest BCUT2D eigenvalue weighted by atomic mass is 9.91. The van der Waals surface area contributed by atoms with Crippen molar-refractivity contribution in [1.29, 1.82) is 0 Å². The maximum atomic E-state index is 11.6. The molecule has 2 rings (SSSR count). The van der Waals surface area contributed by atoms with Crippen molar-refractivity contribution in [2.45, 2.75) is 45.2 Å². The van der Waals surface area contributed by atoms with E-state index in [-0.39, 0.29) is 12.5 Å². The van der Waals surface area contributed by atoms with Crippen molar-refractivity contribution in [2.75, 3.05) is 13.2 Å². The van der Waals surface area contributed by atoms with Crippen LogP contribution < -0.4 is 11.3 Å². The number of nitrogen functional groups attached to an aromatic ring is 1. The third-order valence-corrected chi connectivity index (χ3v) is 5.03. The highest BCUT2D eigenvalue weighted by atomic mass is 32.1. The summed E-state index contributed by atoms with van der Waals surface area (Å²) in [5, 5.41) is 9.03. The molecule has 4 N–H and O–H groups in total. The van der Waals surface area contributed by atoms with E-state index in [1.807, 2.05) is 13.0 Å². The van der Waals surface area contributed by atoms with Crippen molar-refractivity contribution in [3.63, 3.8) is 0 Å². The zero-order chi connectivity index (χ0) is 14.5. The molecule has 0 radical (unpaired) electrons. The molecule has 6 heteroatoms. The molecule has 1 fully saturated rings. The SMILES string of the molecule is Cc1sc(C(=O)NN)cc1CN(CCCO)C1CCC1. The van der Waals surface area contributed by atoms with Gasteiger partial charge in [0.25, 0.3) is 5.91 Å². The molecule has 5 nitrogen and oxygen atoms in total. The van der Waals surface area contributed by atoms with Crippen LogP contribution in [0.15, 0.2) is 6.07 Å². The van der Waals surface area contributed by atoms with Crippen LogP contribution in [0.5, 0.6) is 0 Å². The van der Waals surface area contributed by atoms with Crippen molar-refractivity contribution >= 4 is 17.2 Å². The van der Waals surface area contributed by atoms with Gasteiger partial charge in [-0.2, -0.15) is 0 Å². The van der Waals surface area contributed by atoms with Gasteiger partial charge in [0.1, 0.15) is 0 Å². The number of aliphatic hydroxyl groups excluding tert-OH is 1. The second-order valence-electron chi connectivity index (χ2n) is 5.30. The minimum atomic E-state index is -0.227. The first-order valence-electron chi connectivity index (χ1n) is 7.11. The number of aryl methyl sites for hydroxylation is 1. The van der Waals surface area contributed by atoms with E-state index in [4.69, 9.17) is 10.9 Å². The molecule has 1 heterocycles. The van der Waals surface area contributed by atoms with E-state index in [1.54, 1.807) is 0 Å². The van der Waals surface area contributed by atoms with Crippen molar-refractivity contribution in [3.8, 4) is 0 Å². The highest BCUT2D eigenvalue weighted by molar-refractivity contribution is 7.14. The number of carbonyl (C=O) groups excluding carboxylic acids is 1. The van der Waals surface area contributed by atoms with E-state index < -0.39 is 0 Å². The summed E-state index contributed by atoms with van der Waals surface area (Å²) < 4.78 is 0. The predicted octanol–water partition coefficient (Wildman–Crippen LogP) is 1.40. The Bertz CT molecular complexity index is 457. The topological polar surface area (TPSA) is 78.6 Å². The predicted molar refractivity (Wildman–Crippen MR) is 80.5 cm³/mol. The van der Waals surface area contributed by atoms with Gasteiger partial charge in [-0.15, -0.1) is 11.3 Å².